The molecule has 0 unspecified atom stereocenters. The first kappa shape index (κ1) is 11.2. The van der Waals surface area contributed by atoms with Crippen molar-refractivity contribution in [1.82, 2.24) is 0 Å². The molecule has 17 heavy (non-hydrogen) atoms. The largest absolute Gasteiger partial charge is 0.478 e. The van der Waals surface area contributed by atoms with E-state index in [4.69, 9.17) is 14.4 Å². The Balaban J connectivity index is 2.74. The lowest BCUT2D eigenvalue weighted by atomic mass is 10.1. The topological polar surface area (TPSA) is 63.2 Å². The third kappa shape index (κ3) is 2.13. The normalized spacial score (nSPS) is 10.2. The van der Waals surface area contributed by atoms with Crippen molar-refractivity contribution < 1.29 is 9.15 Å². The predicted octanol–water partition coefficient (Wildman–Crippen LogP) is 2.31. The number of hydrogen-bond donors (Lipinski definition) is 0. The maximum absolute atomic E-state index is 11.3. The molecular formula is C13H11NO3. The third-order valence-corrected chi connectivity index (χ3v) is 2.44. The number of ether oxygens (including phenoxy) is 1. The highest BCUT2D eigenvalue weighted by molar-refractivity contribution is 5.87. The van der Waals surface area contributed by atoms with Crippen LogP contribution in [-0.2, 0) is 0 Å². The molecule has 0 aliphatic heterocycles. The number of nitriles is 1. The molecule has 0 aliphatic rings. The predicted molar refractivity (Wildman–Crippen MR) is 63.1 cm³/mol. The average molecular weight is 229 g/mol. The van der Waals surface area contributed by atoms with Crippen molar-refractivity contribution in [3.63, 3.8) is 0 Å². The van der Waals surface area contributed by atoms with Gasteiger partial charge >= 0.3 is 5.63 Å². The maximum atomic E-state index is 11.3. The van der Waals surface area contributed by atoms with Crippen LogP contribution in [0.1, 0.15) is 11.1 Å². The van der Waals surface area contributed by atoms with Crippen molar-refractivity contribution in [2.24, 2.45) is 0 Å². The summed E-state index contributed by atoms with van der Waals surface area (Å²) in [5, 5.41) is 9.28. The van der Waals surface area contributed by atoms with Gasteiger partial charge in [0, 0.05) is 6.07 Å². The van der Waals surface area contributed by atoms with E-state index >= 15 is 0 Å². The van der Waals surface area contributed by atoms with Gasteiger partial charge in [-0.05, 0) is 37.1 Å². The van der Waals surface area contributed by atoms with E-state index in [2.05, 4.69) is 0 Å². The molecule has 0 aliphatic carbocycles. The molecule has 1 heterocycles. The minimum Gasteiger partial charge on any atom is -0.478 e. The number of hydrogen-bond acceptors (Lipinski definition) is 4. The van der Waals surface area contributed by atoms with Crippen LogP contribution < -0.4 is 10.4 Å². The van der Waals surface area contributed by atoms with Crippen LogP contribution in [0.3, 0.4) is 0 Å². The van der Waals surface area contributed by atoms with Crippen molar-refractivity contribution in [3.8, 4) is 11.8 Å². The number of benzene rings is 1. The van der Waals surface area contributed by atoms with Crippen LogP contribution in [0, 0.1) is 25.2 Å². The summed E-state index contributed by atoms with van der Waals surface area (Å²) >= 11 is 0. The monoisotopic (exact) mass is 229 g/mol. The molecule has 4 heteroatoms. The lowest BCUT2D eigenvalue weighted by Crippen LogP contribution is -2.01. The summed E-state index contributed by atoms with van der Waals surface area (Å²) in [5.41, 5.74) is 1.80. The second-order valence-corrected chi connectivity index (χ2v) is 3.83. The molecule has 1 aromatic heterocycles. The fourth-order valence-electron chi connectivity index (χ4n) is 1.80. The first-order chi connectivity index (χ1) is 8.11. The van der Waals surface area contributed by atoms with Crippen molar-refractivity contribution >= 4 is 11.0 Å². The van der Waals surface area contributed by atoms with Gasteiger partial charge in [0.15, 0.2) is 6.61 Å². The van der Waals surface area contributed by atoms with Gasteiger partial charge in [0.25, 0.3) is 0 Å². The molecule has 0 N–H and O–H groups in total. The van der Waals surface area contributed by atoms with E-state index in [0.29, 0.717) is 11.3 Å². The highest BCUT2D eigenvalue weighted by atomic mass is 16.5. The number of nitrogens with zero attached hydrogens (tertiary/aromatic N) is 1. The van der Waals surface area contributed by atoms with E-state index in [1.54, 1.807) is 6.07 Å². The van der Waals surface area contributed by atoms with Gasteiger partial charge in [-0.1, -0.05) is 0 Å². The van der Waals surface area contributed by atoms with E-state index in [1.807, 2.05) is 26.0 Å². The van der Waals surface area contributed by atoms with Gasteiger partial charge in [0.05, 0.1) is 5.39 Å². The van der Waals surface area contributed by atoms with Gasteiger partial charge in [-0.3, -0.25) is 0 Å². The van der Waals surface area contributed by atoms with Crippen molar-refractivity contribution in [2.75, 3.05) is 6.61 Å². The Bertz CT molecular complexity index is 665. The minimum atomic E-state index is -0.383. The molecule has 2 aromatic rings. The fourth-order valence-corrected chi connectivity index (χ4v) is 1.80. The van der Waals surface area contributed by atoms with Crippen molar-refractivity contribution in [2.45, 2.75) is 13.8 Å². The van der Waals surface area contributed by atoms with Crippen LogP contribution in [0.4, 0.5) is 0 Å². The summed E-state index contributed by atoms with van der Waals surface area (Å²) in [6.07, 6.45) is 0. The minimum absolute atomic E-state index is 0.0306. The molecule has 0 fully saturated rings. The smallest absolute Gasteiger partial charge is 0.336 e. The van der Waals surface area contributed by atoms with E-state index in [-0.39, 0.29) is 12.2 Å². The first-order valence-corrected chi connectivity index (χ1v) is 5.16. The Labute approximate surface area is 98.0 Å². The summed E-state index contributed by atoms with van der Waals surface area (Å²) in [5.74, 6) is 0.572. The average Bonchev–Trinajstić information content (AvgIpc) is 2.24. The zero-order valence-corrected chi connectivity index (χ0v) is 9.61. The molecule has 4 nitrogen and oxygen atoms in total. The Morgan fingerprint density at radius 3 is 2.82 bits per heavy atom. The van der Waals surface area contributed by atoms with E-state index < -0.39 is 0 Å². The maximum Gasteiger partial charge on any atom is 0.336 e. The number of fused-ring (bicyclic) bond motifs is 1. The van der Waals surface area contributed by atoms with Crippen molar-refractivity contribution in [3.05, 3.63) is 39.7 Å². The highest BCUT2D eigenvalue weighted by Crippen LogP contribution is 2.29. The zero-order chi connectivity index (χ0) is 12.4. The second-order valence-electron chi connectivity index (χ2n) is 3.83. The van der Waals surface area contributed by atoms with Crippen molar-refractivity contribution in [1.29, 1.82) is 5.26 Å². The van der Waals surface area contributed by atoms with Crippen LogP contribution in [-0.4, -0.2) is 6.61 Å². The van der Waals surface area contributed by atoms with E-state index in [1.165, 1.54) is 6.07 Å². The second kappa shape index (κ2) is 4.30. The first-order valence-electron chi connectivity index (χ1n) is 5.16. The molecule has 0 spiro atoms. The van der Waals surface area contributed by atoms with Crippen LogP contribution in [0.25, 0.3) is 11.0 Å². The SMILES string of the molecule is Cc1cc(OCC#N)c2c(C)cc(=O)oc2c1. The molecule has 1 aromatic carbocycles. The van der Waals surface area contributed by atoms with Gasteiger partial charge in [-0.15, -0.1) is 0 Å². The summed E-state index contributed by atoms with van der Waals surface area (Å²) in [7, 11) is 0. The summed E-state index contributed by atoms with van der Waals surface area (Å²) in [4.78, 5) is 11.3. The molecule has 0 saturated heterocycles. The van der Waals surface area contributed by atoms with Crippen LogP contribution >= 0.6 is 0 Å². The summed E-state index contributed by atoms with van der Waals surface area (Å²) < 4.78 is 10.5. The molecule has 0 radical (unpaired) electrons. The Morgan fingerprint density at radius 2 is 2.12 bits per heavy atom. The summed E-state index contributed by atoms with van der Waals surface area (Å²) in [6, 6.07) is 6.94. The number of rotatable bonds is 2. The fraction of sp³-hybridized carbons (Fsp3) is 0.231. The molecule has 86 valence electrons. The van der Waals surface area contributed by atoms with E-state index in [9.17, 15) is 4.79 Å². The Kier molecular flexibility index (Phi) is 2.84. The third-order valence-electron chi connectivity index (χ3n) is 2.44. The lowest BCUT2D eigenvalue weighted by Gasteiger charge is -2.09. The molecule has 0 atom stereocenters. The van der Waals surface area contributed by atoms with Crippen LogP contribution in [0.5, 0.6) is 5.75 Å². The molecule has 0 saturated carbocycles. The molecular weight excluding hydrogens is 218 g/mol. The zero-order valence-electron chi connectivity index (χ0n) is 9.61. The summed E-state index contributed by atoms with van der Waals surface area (Å²) in [6.45, 7) is 3.66. The van der Waals surface area contributed by atoms with Crippen LogP contribution in [0.15, 0.2) is 27.4 Å². The Morgan fingerprint density at radius 1 is 1.35 bits per heavy atom. The quantitative estimate of drug-likeness (QED) is 0.741. The van der Waals surface area contributed by atoms with Gasteiger partial charge in [0.2, 0.25) is 0 Å². The van der Waals surface area contributed by atoms with Gasteiger partial charge in [-0.2, -0.15) is 5.26 Å². The Hall–Kier alpha value is -2.28. The van der Waals surface area contributed by atoms with E-state index in [0.717, 1.165) is 16.5 Å². The highest BCUT2D eigenvalue weighted by Gasteiger charge is 2.09. The molecule has 0 amide bonds. The molecule has 0 bridgehead atoms. The van der Waals surface area contributed by atoms with Gasteiger partial charge in [-0.25, -0.2) is 4.79 Å². The van der Waals surface area contributed by atoms with Gasteiger partial charge in [0.1, 0.15) is 17.4 Å². The van der Waals surface area contributed by atoms with Crippen LogP contribution in [0.2, 0.25) is 0 Å². The molecule has 2 rings (SSSR count). The standard InChI is InChI=1S/C13H11NO3/c1-8-5-10(16-4-3-14)13-9(2)7-12(15)17-11(13)6-8/h5-7H,4H2,1-2H3. The number of aryl methyl sites for hydroxylation is 2. The lowest BCUT2D eigenvalue weighted by molar-refractivity contribution is 0.371. The van der Waals surface area contributed by atoms with Gasteiger partial charge < -0.3 is 9.15 Å².